The number of aliphatic hydroxyl groups excluding tert-OH is 1. The van der Waals surface area contributed by atoms with Gasteiger partial charge in [-0.15, -0.1) is 12.4 Å². The van der Waals surface area contributed by atoms with Gasteiger partial charge in [-0.25, -0.2) is 9.82 Å². The summed E-state index contributed by atoms with van der Waals surface area (Å²) in [6, 6.07) is 6.51. The number of fused-ring (bicyclic) bond motifs is 1. The molecule has 5 rings (SSSR count). The number of carbonyl (C=O) groups excluding carboxylic acids is 1. The number of hydrogen-bond donors (Lipinski definition) is 2. The maximum atomic E-state index is 15.2. The highest BCUT2D eigenvalue weighted by Gasteiger charge is 2.28. The van der Waals surface area contributed by atoms with Crippen LogP contribution in [0.3, 0.4) is 0 Å². The fraction of sp³-hybridized carbons (Fsp3) is 0.375. The van der Waals surface area contributed by atoms with Crippen molar-refractivity contribution in [2.24, 2.45) is 5.10 Å². The molecule has 3 heterocycles. The lowest BCUT2D eigenvalue weighted by Gasteiger charge is -2.36. The molecule has 1 aliphatic carbocycles. The van der Waals surface area contributed by atoms with E-state index in [0.717, 1.165) is 25.9 Å². The molecule has 11 heteroatoms. The van der Waals surface area contributed by atoms with Gasteiger partial charge in [0.05, 0.1) is 30.3 Å². The lowest BCUT2D eigenvalue weighted by molar-refractivity contribution is 0.0953. The largest absolute Gasteiger partial charge is 0.463 e. The van der Waals surface area contributed by atoms with Crippen LogP contribution in [0.5, 0.6) is 0 Å². The Labute approximate surface area is 207 Å². The van der Waals surface area contributed by atoms with E-state index in [0.29, 0.717) is 36.6 Å². The summed E-state index contributed by atoms with van der Waals surface area (Å²) in [5.74, 6) is -0.689. The molecule has 2 aliphatic rings. The highest BCUT2D eigenvalue weighted by Crippen LogP contribution is 2.38. The van der Waals surface area contributed by atoms with Crippen LogP contribution in [0.1, 0.15) is 35.0 Å². The van der Waals surface area contributed by atoms with Gasteiger partial charge in [0.2, 0.25) is 5.43 Å². The van der Waals surface area contributed by atoms with Gasteiger partial charge in [-0.2, -0.15) is 5.10 Å². The zero-order valence-electron chi connectivity index (χ0n) is 19.0. The van der Waals surface area contributed by atoms with Crippen LogP contribution >= 0.6 is 12.4 Å². The number of piperazine rings is 1. The van der Waals surface area contributed by atoms with E-state index in [9.17, 15) is 9.59 Å². The number of aromatic nitrogens is 1. The molecule has 2 aromatic heterocycles. The van der Waals surface area contributed by atoms with Gasteiger partial charge in [-0.05, 0) is 37.1 Å². The number of benzene rings is 1. The fourth-order valence-electron chi connectivity index (χ4n) is 4.35. The third kappa shape index (κ3) is 5.24. The minimum absolute atomic E-state index is 0. The van der Waals surface area contributed by atoms with Crippen LogP contribution in [0.15, 0.2) is 51.0 Å². The first-order valence-electron chi connectivity index (χ1n) is 11.4. The van der Waals surface area contributed by atoms with Crippen LogP contribution in [-0.2, 0) is 0 Å². The first-order valence-corrected chi connectivity index (χ1v) is 11.4. The third-order valence-corrected chi connectivity index (χ3v) is 6.32. The normalized spacial score (nSPS) is 16.6. The lowest BCUT2D eigenvalue weighted by Crippen LogP contribution is -2.47. The maximum Gasteiger partial charge on any atom is 0.276 e. The van der Waals surface area contributed by atoms with Crippen molar-refractivity contribution in [2.75, 3.05) is 44.2 Å². The second-order valence-corrected chi connectivity index (χ2v) is 8.60. The molecule has 186 valence electrons. The number of hydrazone groups is 1. The van der Waals surface area contributed by atoms with Crippen molar-refractivity contribution in [1.29, 1.82) is 0 Å². The van der Waals surface area contributed by atoms with E-state index >= 15 is 4.39 Å². The van der Waals surface area contributed by atoms with Crippen molar-refractivity contribution in [1.82, 2.24) is 14.9 Å². The summed E-state index contributed by atoms with van der Waals surface area (Å²) in [5, 5.41) is 13.2. The number of furan rings is 1. The predicted molar refractivity (Wildman–Crippen MR) is 133 cm³/mol. The topological polar surface area (TPSA) is 103 Å². The first-order chi connectivity index (χ1) is 16.5. The van der Waals surface area contributed by atoms with Gasteiger partial charge in [0.25, 0.3) is 5.91 Å². The van der Waals surface area contributed by atoms with Crippen LogP contribution in [0, 0.1) is 5.82 Å². The van der Waals surface area contributed by atoms with E-state index in [1.807, 2.05) is 9.47 Å². The van der Waals surface area contributed by atoms with Gasteiger partial charge in [0.15, 0.2) is 0 Å². The Hall–Kier alpha value is -3.21. The number of pyridine rings is 1. The molecule has 9 nitrogen and oxygen atoms in total. The number of nitrogens with one attached hydrogen (secondary N) is 1. The molecule has 1 aliphatic heterocycles. The van der Waals surface area contributed by atoms with E-state index < -0.39 is 17.2 Å². The molecule has 2 fully saturated rings. The van der Waals surface area contributed by atoms with E-state index in [-0.39, 0.29) is 36.0 Å². The Balaban J connectivity index is 0.00000289. The third-order valence-electron chi connectivity index (χ3n) is 6.32. The minimum atomic E-state index is -0.659. The van der Waals surface area contributed by atoms with Gasteiger partial charge >= 0.3 is 0 Å². The molecular formula is C24H27ClFN5O4. The number of aliphatic hydroxyl groups is 1. The highest BCUT2D eigenvalue weighted by molar-refractivity contribution is 5.98. The summed E-state index contributed by atoms with van der Waals surface area (Å²) in [7, 11) is 0. The van der Waals surface area contributed by atoms with Crippen molar-refractivity contribution in [2.45, 2.75) is 18.9 Å². The maximum absolute atomic E-state index is 15.2. The van der Waals surface area contributed by atoms with Crippen LogP contribution in [0.2, 0.25) is 0 Å². The Bertz CT molecular complexity index is 1280. The van der Waals surface area contributed by atoms with Gasteiger partial charge < -0.3 is 19.0 Å². The molecule has 1 aromatic carbocycles. The van der Waals surface area contributed by atoms with Gasteiger partial charge in [-0.1, -0.05) is 0 Å². The molecule has 0 atom stereocenters. The average molecular weight is 504 g/mol. The Morgan fingerprint density at radius 1 is 1.26 bits per heavy atom. The van der Waals surface area contributed by atoms with Crippen molar-refractivity contribution < 1.29 is 18.7 Å². The number of nitrogens with zero attached hydrogens (tertiary/aromatic N) is 4. The number of carbonyl (C=O) groups is 1. The second-order valence-electron chi connectivity index (χ2n) is 8.60. The highest BCUT2D eigenvalue weighted by atomic mass is 35.5. The van der Waals surface area contributed by atoms with Crippen LogP contribution in [0.25, 0.3) is 10.9 Å². The number of rotatable bonds is 7. The summed E-state index contributed by atoms with van der Waals surface area (Å²) in [5.41, 5.74) is 2.81. The van der Waals surface area contributed by atoms with E-state index in [1.54, 1.807) is 24.4 Å². The quantitative estimate of drug-likeness (QED) is 0.379. The molecule has 1 saturated carbocycles. The molecule has 0 spiro atoms. The zero-order chi connectivity index (χ0) is 23.7. The fourth-order valence-corrected chi connectivity index (χ4v) is 4.35. The van der Waals surface area contributed by atoms with E-state index in [4.69, 9.17) is 9.52 Å². The monoisotopic (exact) mass is 503 g/mol. The first kappa shape index (κ1) is 24.9. The van der Waals surface area contributed by atoms with E-state index in [2.05, 4.69) is 15.4 Å². The van der Waals surface area contributed by atoms with Gasteiger partial charge in [-0.3, -0.25) is 14.5 Å². The Morgan fingerprint density at radius 3 is 2.69 bits per heavy atom. The molecule has 0 radical (unpaired) electrons. The summed E-state index contributed by atoms with van der Waals surface area (Å²) >= 11 is 0. The lowest BCUT2D eigenvalue weighted by atomic mass is 10.1. The van der Waals surface area contributed by atoms with Crippen molar-refractivity contribution in [3.05, 3.63) is 64.1 Å². The average Bonchev–Trinajstić information content (AvgIpc) is 3.55. The molecule has 3 aromatic rings. The number of β-amino-alcohol motifs (C(OH)–C–C–N with tert-alkyl or cyclic N) is 1. The van der Waals surface area contributed by atoms with Crippen molar-refractivity contribution >= 4 is 41.1 Å². The molecule has 35 heavy (non-hydrogen) atoms. The summed E-state index contributed by atoms with van der Waals surface area (Å²) < 4.78 is 22.2. The number of anilines is 1. The standard InChI is InChI=1S/C24H26FN5O4.ClH/c25-20-12-18-21(13-22(20)29-7-5-28(6-8-29)9-10-31)30(16-3-4-16)15-19(23(18)32)24(33)27-26-14-17-2-1-11-34-17;/h1-2,11-16,31H,3-10H2,(H,27,33);1H/b26-14-;. The van der Waals surface area contributed by atoms with Crippen LogP contribution in [-0.4, -0.2) is 66.0 Å². The summed E-state index contributed by atoms with van der Waals surface area (Å²) in [6.07, 6.45) is 6.24. The van der Waals surface area contributed by atoms with Crippen molar-refractivity contribution in [3.63, 3.8) is 0 Å². The zero-order valence-corrected chi connectivity index (χ0v) is 19.8. The molecule has 1 saturated heterocycles. The number of hydrogen-bond acceptors (Lipinski definition) is 7. The molecule has 0 unspecified atom stereocenters. The smallest absolute Gasteiger partial charge is 0.276 e. The molecule has 0 bridgehead atoms. The molecule has 1 amide bonds. The second kappa shape index (κ2) is 10.6. The Morgan fingerprint density at radius 2 is 2.03 bits per heavy atom. The van der Waals surface area contributed by atoms with Crippen molar-refractivity contribution in [3.8, 4) is 0 Å². The number of halogens is 2. The number of amides is 1. The SMILES string of the molecule is Cl.O=C(N/N=C\c1ccco1)c1cn(C2CC2)c2cc(N3CCN(CCO)CC3)c(F)cc2c1=O. The molecular weight excluding hydrogens is 477 g/mol. The van der Waals surface area contributed by atoms with Crippen LogP contribution in [0.4, 0.5) is 10.1 Å². The minimum Gasteiger partial charge on any atom is -0.463 e. The predicted octanol–water partition coefficient (Wildman–Crippen LogP) is 2.37. The van der Waals surface area contributed by atoms with E-state index in [1.165, 1.54) is 18.5 Å². The summed E-state index contributed by atoms with van der Waals surface area (Å²) in [4.78, 5) is 30.0. The van der Waals surface area contributed by atoms with Gasteiger partial charge in [0.1, 0.15) is 17.1 Å². The molecule has 2 N–H and O–H groups in total. The Kier molecular flexibility index (Phi) is 7.54. The van der Waals surface area contributed by atoms with Crippen LogP contribution < -0.4 is 15.8 Å². The summed E-state index contributed by atoms with van der Waals surface area (Å²) in [6.45, 7) is 3.42. The van der Waals surface area contributed by atoms with Gasteiger partial charge in [0, 0.05) is 50.3 Å².